The van der Waals surface area contributed by atoms with Gasteiger partial charge in [-0.1, -0.05) is 6.92 Å². The lowest BCUT2D eigenvalue weighted by Crippen LogP contribution is -2.42. The van der Waals surface area contributed by atoms with Gasteiger partial charge >= 0.3 is 0 Å². The lowest BCUT2D eigenvalue weighted by Gasteiger charge is -2.31. The fourth-order valence-electron chi connectivity index (χ4n) is 2.45. The summed E-state index contributed by atoms with van der Waals surface area (Å²) in [6, 6.07) is 4.70. The highest BCUT2D eigenvalue weighted by molar-refractivity contribution is 5.28. The molecule has 0 aliphatic carbocycles. The average Bonchev–Trinajstić information content (AvgIpc) is 2.36. The second kappa shape index (κ2) is 6.16. The van der Waals surface area contributed by atoms with Crippen molar-refractivity contribution in [3.63, 3.8) is 0 Å². The van der Waals surface area contributed by atoms with E-state index < -0.39 is 0 Å². The summed E-state index contributed by atoms with van der Waals surface area (Å²) in [5, 5.41) is 12.8. The number of piperidine rings is 1. The quantitative estimate of drug-likeness (QED) is 0.861. The molecule has 2 N–H and O–H groups in total. The Hall–Kier alpha value is -1.13. The summed E-state index contributed by atoms with van der Waals surface area (Å²) >= 11 is 0. The number of hydrogen-bond acceptors (Lipinski definition) is 3. The van der Waals surface area contributed by atoms with E-state index in [1.165, 1.54) is 6.07 Å². The number of phenols is 1. The molecule has 18 heavy (non-hydrogen) atoms. The Bertz CT molecular complexity index is 369. The molecule has 1 aromatic rings. The number of nitrogens with zero attached hydrogens (tertiary/aromatic N) is 1. The van der Waals surface area contributed by atoms with E-state index in [4.69, 9.17) is 0 Å². The van der Waals surface area contributed by atoms with Crippen LogP contribution in [0.5, 0.6) is 5.75 Å². The summed E-state index contributed by atoms with van der Waals surface area (Å²) < 4.78 is 13.1. The summed E-state index contributed by atoms with van der Waals surface area (Å²) in [6.45, 7) is 6.17. The minimum atomic E-state index is -0.382. The Kier molecular flexibility index (Phi) is 4.55. The summed E-state index contributed by atoms with van der Waals surface area (Å²) in [6.07, 6.45) is 2.27. The number of aromatic hydroxyl groups is 1. The van der Waals surface area contributed by atoms with Gasteiger partial charge in [0.05, 0.1) is 0 Å². The molecule has 0 radical (unpaired) electrons. The molecule has 1 aromatic carbocycles. The summed E-state index contributed by atoms with van der Waals surface area (Å²) in [5.41, 5.74) is 0.797. The zero-order chi connectivity index (χ0) is 13.0. The van der Waals surface area contributed by atoms with Crippen molar-refractivity contribution in [3.05, 3.63) is 29.6 Å². The average molecular weight is 252 g/mol. The minimum absolute atomic E-state index is 0.00685. The van der Waals surface area contributed by atoms with Gasteiger partial charge in [0.1, 0.15) is 11.6 Å². The minimum Gasteiger partial charge on any atom is -0.508 e. The third-order valence-electron chi connectivity index (χ3n) is 3.57. The smallest absolute Gasteiger partial charge is 0.127 e. The molecule has 1 fully saturated rings. The summed E-state index contributed by atoms with van der Waals surface area (Å²) in [5.74, 6) is -0.389. The molecule has 0 bridgehead atoms. The van der Waals surface area contributed by atoms with E-state index in [-0.39, 0.29) is 11.6 Å². The molecule has 0 aromatic heterocycles. The molecular weight excluding hydrogens is 231 g/mol. The lowest BCUT2D eigenvalue weighted by molar-refractivity contribution is 0.206. The van der Waals surface area contributed by atoms with Crippen LogP contribution in [0.2, 0.25) is 0 Å². The van der Waals surface area contributed by atoms with E-state index in [1.807, 2.05) is 0 Å². The van der Waals surface area contributed by atoms with Crippen molar-refractivity contribution < 1.29 is 9.50 Å². The van der Waals surface area contributed by atoms with Gasteiger partial charge in [-0.25, -0.2) is 4.39 Å². The Morgan fingerprint density at radius 3 is 2.67 bits per heavy atom. The highest BCUT2D eigenvalue weighted by atomic mass is 19.1. The second-order valence-corrected chi connectivity index (χ2v) is 4.91. The zero-order valence-corrected chi connectivity index (χ0v) is 10.8. The second-order valence-electron chi connectivity index (χ2n) is 4.91. The van der Waals surface area contributed by atoms with Crippen LogP contribution in [0.3, 0.4) is 0 Å². The Balaban J connectivity index is 1.81. The molecule has 1 saturated heterocycles. The first-order valence-electron chi connectivity index (χ1n) is 6.61. The zero-order valence-electron chi connectivity index (χ0n) is 10.8. The molecular formula is C14H21FN2O. The molecule has 0 amide bonds. The molecule has 1 aliphatic rings. The van der Waals surface area contributed by atoms with E-state index in [2.05, 4.69) is 17.1 Å². The van der Waals surface area contributed by atoms with Gasteiger partial charge in [0, 0.05) is 18.7 Å². The molecule has 0 spiro atoms. The summed E-state index contributed by atoms with van der Waals surface area (Å²) in [7, 11) is 0. The first kappa shape index (κ1) is 13.3. The molecule has 0 atom stereocenters. The fourth-order valence-corrected chi connectivity index (χ4v) is 2.45. The monoisotopic (exact) mass is 252 g/mol. The number of rotatable bonds is 4. The number of nitrogens with one attached hydrogen (secondary N) is 1. The normalized spacial score (nSPS) is 18.1. The van der Waals surface area contributed by atoms with Gasteiger partial charge in [-0.2, -0.15) is 0 Å². The van der Waals surface area contributed by atoms with E-state index >= 15 is 0 Å². The third kappa shape index (κ3) is 3.68. The third-order valence-corrected chi connectivity index (χ3v) is 3.57. The van der Waals surface area contributed by atoms with E-state index in [0.717, 1.165) is 44.1 Å². The van der Waals surface area contributed by atoms with Crippen LogP contribution in [-0.4, -0.2) is 35.7 Å². The number of benzene rings is 1. The number of hydrogen-bond donors (Lipinski definition) is 2. The van der Waals surface area contributed by atoms with Crippen molar-refractivity contribution in [2.24, 2.45) is 0 Å². The highest BCUT2D eigenvalue weighted by Crippen LogP contribution is 2.15. The SMILES string of the molecule is CCN1CCC(NCc2cc(O)cc(F)c2)CC1. The Morgan fingerprint density at radius 1 is 1.33 bits per heavy atom. The van der Waals surface area contributed by atoms with E-state index in [1.54, 1.807) is 6.07 Å². The van der Waals surface area contributed by atoms with Crippen molar-refractivity contribution in [2.75, 3.05) is 19.6 Å². The van der Waals surface area contributed by atoms with Crippen LogP contribution in [-0.2, 0) is 6.54 Å². The van der Waals surface area contributed by atoms with Gasteiger partial charge in [0.25, 0.3) is 0 Å². The first-order chi connectivity index (χ1) is 8.67. The van der Waals surface area contributed by atoms with Crippen molar-refractivity contribution in [2.45, 2.75) is 32.4 Å². The van der Waals surface area contributed by atoms with Crippen LogP contribution in [0.1, 0.15) is 25.3 Å². The number of likely N-dealkylation sites (tertiary alicyclic amines) is 1. The maximum Gasteiger partial charge on any atom is 0.127 e. The van der Waals surface area contributed by atoms with E-state index in [9.17, 15) is 9.50 Å². The molecule has 100 valence electrons. The van der Waals surface area contributed by atoms with Crippen LogP contribution in [0.15, 0.2) is 18.2 Å². The molecule has 1 aliphatic heterocycles. The number of halogens is 1. The van der Waals surface area contributed by atoms with Gasteiger partial charge in [0.15, 0.2) is 0 Å². The predicted octanol–water partition coefficient (Wildman–Crippen LogP) is 2.11. The van der Waals surface area contributed by atoms with Crippen LogP contribution in [0, 0.1) is 5.82 Å². The predicted molar refractivity (Wildman–Crippen MR) is 70.0 cm³/mol. The topological polar surface area (TPSA) is 35.5 Å². The summed E-state index contributed by atoms with van der Waals surface area (Å²) in [4.78, 5) is 2.44. The Labute approximate surface area is 108 Å². The maximum atomic E-state index is 13.1. The molecule has 0 unspecified atom stereocenters. The molecule has 1 heterocycles. The number of phenolic OH excluding ortho intramolecular Hbond substituents is 1. The highest BCUT2D eigenvalue weighted by Gasteiger charge is 2.17. The van der Waals surface area contributed by atoms with Gasteiger partial charge in [-0.05, 0) is 50.2 Å². The van der Waals surface area contributed by atoms with Gasteiger partial charge in [0.2, 0.25) is 0 Å². The Morgan fingerprint density at radius 2 is 2.06 bits per heavy atom. The first-order valence-corrected chi connectivity index (χ1v) is 6.61. The standard InChI is InChI=1S/C14H21FN2O/c1-2-17-5-3-13(4-6-17)16-10-11-7-12(15)9-14(18)8-11/h7-9,13,16,18H,2-6,10H2,1H3. The molecule has 2 rings (SSSR count). The van der Waals surface area contributed by atoms with Crippen molar-refractivity contribution in [1.82, 2.24) is 10.2 Å². The fraction of sp³-hybridized carbons (Fsp3) is 0.571. The van der Waals surface area contributed by atoms with Gasteiger partial charge in [-0.3, -0.25) is 0 Å². The van der Waals surface area contributed by atoms with Gasteiger partial charge < -0.3 is 15.3 Å². The molecule has 3 nitrogen and oxygen atoms in total. The largest absolute Gasteiger partial charge is 0.508 e. The van der Waals surface area contributed by atoms with Crippen molar-refractivity contribution >= 4 is 0 Å². The van der Waals surface area contributed by atoms with Crippen LogP contribution in [0.4, 0.5) is 4.39 Å². The van der Waals surface area contributed by atoms with Gasteiger partial charge in [-0.15, -0.1) is 0 Å². The van der Waals surface area contributed by atoms with Crippen LogP contribution in [0.25, 0.3) is 0 Å². The van der Waals surface area contributed by atoms with Crippen molar-refractivity contribution in [3.8, 4) is 5.75 Å². The van der Waals surface area contributed by atoms with Crippen LogP contribution < -0.4 is 5.32 Å². The lowest BCUT2D eigenvalue weighted by atomic mass is 10.0. The molecule has 4 heteroatoms. The van der Waals surface area contributed by atoms with Crippen LogP contribution >= 0.6 is 0 Å². The molecule has 0 saturated carbocycles. The van der Waals surface area contributed by atoms with E-state index in [0.29, 0.717) is 12.6 Å². The maximum absolute atomic E-state index is 13.1. The van der Waals surface area contributed by atoms with Crippen molar-refractivity contribution in [1.29, 1.82) is 0 Å².